The van der Waals surface area contributed by atoms with Gasteiger partial charge in [0.15, 0.2) is 11.6 Å². The Labute approximate surface area is 163 Å². The van der Waals surface area contributed by atoms with Crippen molar-refractivity contribution in [3.8, 4) is 0 Å². The lowest BCUT2D eigenvalue weighted by Crippen LogP contribution is -2.47. The molecule has 0 aromatic heterocycles. The van der Waals surface area contributed by atoms with Gasteiger partial charge in [-0.05, 0) is 61.2 Å². The largest absolute Gasteiger partial charge is 0.352 e. The molecule has 1 aliphatic rings. The molecule has 0 bridgehead atoms. The van der Waals surface area contributed by atoms with Crippen LogP contribution in [0.3, 0.4) is 0 Å². The number of carbonyl (C=O) groups excluding carboxylic acids is 1. The van der Waals surface area contributed by atoms with Crippen LogP contribution in [0.2, 0.25) is 5.02 Å². The van der Waals surface area contributed by atoms with Crippen LogP contribution >= 0.6 is 11.6 Å². The number of nitrogens with zero attached hydrogens (tertiary/aromatic N) is 1. The van der Waals surface area contributed by atoms with Gasteiger partial charge in [0.25, 0.3) is 0 Å². The van der Waals surface area contributed by atoms with E-state index in [0.717, 1.165) is 49.6 Å². The number of nitrogens with one attached hydrogen (secondary N) is 1. The van der Waals surface area contributed by atoms with Gasteiger partial charge in [-0.3, -0.25) is 9.69 Å². The molecule has 1 N–H and O–H groups in total. The zero-order valence-corrected chi connectivity index (χ0v) is 15.8. The molecule has 2 aromatic carbocycles. The topological polar surface area (TPSA) is 32.3 Å². The van der Waals surface area contributed by atoms with E-state index in [4.69, 9.17) is 11.6 Å². The lowest BCUT2D eigenvalue weighted by atomic mass is 10.0. The van der Waals surface area contributed by atoms with Crippen molar-refractivity contribution in [2.75, 3.05) is 13.1 Å². The van der Waals surface area contributed by atoms with Crippen LogP contribution in [0.15, 0.2) is 42.5 Å². The molecule has 1 saturated heterocycles. The van der Waals surface area contributed by atoms with Gasteiger partial charge in [-0.25, -0.2) is 8.78 Å². The van der Waals surface area contributed by atoms with E-state index in [1.165, 1.54) is 11.6 Å². The van der Waals surface area contributed by atoms with Crippen molar-refractivity contribution in [3.05, 3.63) is 70.2 Å². The Balaban J connectivity index is 1.45. The molecule has 0 radical (unpaired) electrons. The third-order valence-corrected chi connectivity index (χ3v) is 5.07. The highest BCUT2D eigenvalue weighted by Gasteiger charge is 2.21. The van der Waals surface area contributed by atoms with Gasteiger partial charge in [-0.1, -0.05) is 29.8 Å². The zero-order valence-electron chi connectivity index (χ0n) is 15.1. The van der Waals surface area contributed by atoms with E-state index in [-0.39, 0.29) is 18.4 Å². The summed E-state index contributed by atoms with van der Waals surface area (Å²) in [7, 11) is 0. The minimum Gasteiger partial charge on any atom is -0.352 e. The maximum atomic E-state index is 13.2. The van der Waals surface area contributed by atoms with Crippen molar-refractivity contribution in [3.63, 3.8) is 0 Å². The number of halogens is 3. The molecule has 2 aromatic rings. The second kappa shape index (κ2) is 9.29. The minimum atomic E-state index is -0.877. The third-order valence-electron chi connectivity index (χ3n) is 4.81. The average molecular weight is 393 g/mol. The van der Waals surface area contributed by atoms with E-state index in [1.807, 2.05) is 24.3 Å². The summed E-state index contributed by atoms with van der Waals surface area (Å²) < 4.78 is 26.2. The van der Waals surface area contributed by atoms with Crippen LogP contribution in [0, 0.1) is 11.6 Å². The van der Waals surface area contributed by atoms with E-state index in [9.17, 15) is 13.6 Å². The normalized spacial score (nSPS) is 17.7. The number of rotatable bonds is 6. The fourth-order valence-electron chi connectivity index (χ4n) is 3.42. The van der Waals surface area contributed by atoms with Crippen LogP contribution < -0.4 is 5.32 Å². The first-order chi connectivity index (χ1) is 13.0. The Hall–Kier alpha value is -1.98. The molecule has 1 aliphatic heterocycles. The van der Waals surface area contributed by atoms with Crippen molar-refractivity contribution in [2.24, 2.45) is 0 Å². The summed E-state index contributed by atoms with van der Waals surface area (Å²) in [6, 6.07) is 11.7. The molecule has 0 aliphatic carbocycles. The highest BCUT2D eigenvalue weighted by Crippen LogP contribution is 2.16. The van der Waals surface area contributed by atoms with Gasteiger partial charge in [0, 0.05) is 30.6 Å². The second-order valence-electron chi connectivity index (χ2n) is 7.02. The minimum absolute atomic E-state index is 0.0573. The van der Waals surface area contributed by atoms with E-state index in [2.05, 4.69) is 10.2 Å². The van der Waals surface area contributed by atoms with Crippen LogP contribution in [0.25, 0.3) is 0 Å². The number of likely N-dealkylation sites (tertiary alicyclic amines) is 1. The Morgan fingerprint density at radius 2 is 1.85 bits per heavy atom. The molecule has 6 heteroatoms. The summed E-state index contributed by atoms with van der Waals surface area (Å²) in [5.74, 6) is -1.80. The molecule has 1 amide bonds. The molecular formula is C21H23ClF2N2O. The molecule has 1 fully saturated rings. The van der Waals surface area contributed by atoms with Crippen molar-refractivity contribution < 1.29 is 13.6 Å². The standard InChI is InChI=1S/C21H23ClF2N2O/c22-17-7-3-16(4-8-17)13-26-11-1-2-18(14-26)25-21(27)10-6-15-5-9-19(23)20(24)12-15/h3-5,7-9,12,18H,1-2,6,10-11,13-14H2,(H,25,27)/t18-/m1/s1. The van der Waals surface area contributed by atoms with E-state index in [1.54, 1.807) is 0 Å². The maximum absolute atomic E-state index is 13.2. The zero-order chi connectivity index (χ0) is 19.2. The van der Waals surface area contributed by atoms with Crippen LogP contribution in [0.4, 0.5) is 8.78 Å². The summed E-state index contributed by atoms with van der Waals surface area (Å²) in [5, 5.41) is 3.80. The molecule has 0 spiro atoms. The summed E-state index contributed by atoms with van der Waals surface area (Å²) >= 11 is 5.92. The molecular weight excluding hydrogens is 370 g/mol. The van der Waals surface area contributed by atoms with Crippen LogP contribution in [0.1, 0.15) is 30.4 Å². The Bertz CT molecular complexity index is 782. The van der Waals surface area contributed by atoms with Crippen molar-refractivity contribution >= 4 is 17.5 Å². The summed E-state index contributed by atoms with van der Waals surface area (Å²) in [6.07, 6.45) is 2.64. The van der Waals surface area contributed by atoms with E-state index in [0.29, 0.717) is 12.0 Å². The molecule has 1 heterocycles. The Kier molecular flexibility index (Phi) is 6.80. The van der Waals surface area contributed by atoms with E-state index >= 15 is 0 Å². The highest BCUT2D eigenvalue weighted by molar-refractivity contribution is 6.30. The quantitative estimate of drug-likeness (QED) is 0.793. The number of hydrogen-bond donors (Lipinski definition) is 1. The first-order valence-corrected chi connectivity index (χ1v) is 9.57. The molecule has 144 valence electrons. The van der Waals surface area contributed by atoms with Gasteiger partial charge in [0.2, 0.25) is 5.91 Å². The number of hydrogen-bond acceptors (Lipinski definition) is 2. The van der Waals surface area contributed by atoms with Gasteiger partial charge in [0.1, 0.15) is 0 Å². The highest BCUT2D eigenvalue weighted by atomic mass is 35.5. The fraction of sp³-hybridized carbons (Fsp3) is 0.381. The van der Waals surface area contributed by atoms with Gasteiger partial charge < -0.3 is 5.32 Å². The van der Waals surface area contributed by atoms with Gasteiger partial charge in [-0.2, -0.15) is 0 Å². The van der Waals surface area contributed by atoms with Gasteiger partial charge >= 0.3 is 0 Å². The number of carbonyl (C=O) groups is 1. The molecule has 3 nitrogen and oxygen atoms in total. The van der Waals surface area contributed by atoms with Crippen LogP contribution in [0.5, 0.6) is 0 Å². The molecule has 0 unspecified atom stereocenters. The number of amides is 1. The SMILES string of the molecule is O=C(CCc1ccc(F)c(F)c1)N[C@@H]1CCCN(Cc2ccc(Cl)cc2)C1. The van der Waals surface area contributed by atoms with Gasteiger partial charge in [-0.15, -0.1) is 0 Å². The predicted octanol–water partition coefficient (Wildman–Crippen LogP) is 4.33. The summed E-state index contributed by atoms with van der Waals surface area (Å²) in [6.45, 7) is 2.64. The maximum Gasteiger partial charge on any atom is 0.220 e. The molecule has 1 atom stereocenters. The van der Waals surface area contributed by atoms with Crippen LogP contribution in [-0.2, 0) is 17.8 Å². The number of benzene rings is 2. The van der Waals surface area contributed by atoms with Crippen molar-refractivity contribution in [1.29, 1.82) is 0 Å². The number of aryl methyl sites for hydroxylation is 1. The van der Waals surface area contributed by atoms with E-state index < -0.39 is 11.6 Å². The fourth-order valence-corrected chi connectivity index (χ4v) is 3.54. The number of piperidine rings is 1. The first kappa shape index (κ1) is 19.8. The van der Waals surface area contributed by atoms with Crippen molar-refractivity contribution in [2.45, 2.75) is 38.3 Å². The Morgan fingerprint density at radius 3 is 2.59 bits per heavy atom. The molecule has 0 saturated carbocycles. The molecule has 3 rings (SSSR count). The molecule has 27 heavy (non-hydrogen) atoms. The first-order valence-electron chi connectivity index (χ1n) is 9.19. The van der Waals surface area contributed by atoms with Gasteiger partial charge in [0.05, 0.1) is 0 Å². The smallest absolute Gasteiger partial charge is 0.220 e. The predicted molar refractivity (Wildman–Crippen MR) is 103 cm³/mol. The van der Waals surface area contributed by atoms with Crippen molar-refractivity contribution in [1.82, 2.24) is 10.2 Å². The lowest BCUT2D eigenvalue weighted by molar-refractivity contribution is -0.122. The second-order valence-corrected chi connectivity index (χ2v) is 7.45. The van der Waals surface area contributed by atoms with Crippen LogP contribution in [-0.4, -0.2) is 29.9 Å². The summed E-state index contributed by atoms with van der Waals surface area (Å²) in [5.41, 5.74) is 1.82. The Morgan fingerprint density at radius 1 is 1.11 bits per heavy atom. The monoisotopic (exact) mass is 392 g/mol. The lowest BCUT2D eigenvalue weighted by Gasteiger charge is -2.33. The summed E-state index contributed by atoms with van der Waals surface area (Å²) in [4.78, 5) is 14.6. The average Bonchev–Trinajstić information content (AvgIpc) is 2.65. The third kappa shape index (κ3) is 6.01.